The first-order valence-corrected chi connectivity index (χ1v) is 5.19. The van der Waals surface area contributed by atoms with Crippen molar-refractivity contribution >= 4 is 28.6 Å². The van der Waals surface area contributed by atoms with Gasteiger partial charge in [0.2, 0.25) is 0 Å². The van der Waals surface area contributed by atoms with Crippen LogP contribution in [0.15, 0.2) is 12.4 Å². The second kappa shape index (κ2) is 3.28. The summed E-state index contributed by atoms with van der Waals surface area (Å²) in [5, 5.41) is 12.9. The molecule has 5 heteroatoms. The van der Waals surface area contributed by atoms with Crippen LogP contribution >= 0.6 is 22.6 Å². The summed E-state index contributed by atoms with van der Waals surface area (Å²) in [5.74, 6) is -0.947. The molecule has 0 amide bonds. The molecule has 1 aromatic heterocycles. The number of hydrogen-bond donors (Lipinski definition) is 1. The minimum Gasteiger partial charge on any atom is -0.481 e. The van der Waals surface area contributed by atoms with Crippen LogP contribution < -0.4 is 0 Å². The summed E-state index contributed by atoms with van der Waals surface area (Å²) in [5.41, 5.74) is 0. The maximum absolute atomic E-state index is 10.7. The molecule has 1 saturated carbocycles. The van der Waals surface area contributed by atoms with Gasteiger partial charge in [-0.15, -0.1) is 0 Å². The normalized spacial score (nSPS) is 26.8. The number of carboxylic acids is 1. The fraction of sp³-hybridized carbons (Fsp3) is 0.500. The van der Waals surface area contributed by atoms with E-state index in [9.17, 15) is 4.79 Å². The van der Waals surface area contributed by atoms with Crippen molar-refractivity contribution in [1.82, 2.24) is 9.78 Å². The molecule has 13 heavy (non-hydrogen) atoms. The maximum atomic E-state index is 10.7. The molecule has 1 aliphatic carbocycles. The van der Waals surface area contributed by atoms with Gasteiger partial charge >= 0.3 is 5.97 Å². The van der Waals surface area contributed by atoms with Gasteiger partial charge < -0.3 is 5.11 Å². The van der Waals surface area contributed by atoms with Crippen LogP contribution in [-0.2, 0) is 4.79 Å². The standard InChI is InChI=1S/C8H9IN2O2/c9-5-3-10-11(4-5)7-2-1-6(7)8(12)13/h3-4,6-7H,1-2H2,(H,12,13). The van der Waals surface area contributed by atoms with E-state index in [-0.39, 0.29) is 12.0 Å². The number of halogens is 1. The van der Waals surface area contributed by atoms with Crippen LogP contribution in [0.2, 0.25) is 0 Å². The predicted octanol–water partition coefficient (Wildman–Crippen LogP) is 1.52. The van der Waals surface area contributed by atoms with Gasteiger partial charge in [-0.3, -0.25) is 9.48 Å². The molecule has 1 N–H and O–H groups in total. The van der Waals surface area contributed by atoms with Crippen LogP contribution in [-0.4, -0.2) is 20.9 Å². The van der Waals surface area contributed by atoms with E-state index in [4.69, 9.17) is 5.11 Å². The molecular formula is C8H9IN2O2. The van der Waals surface area contributed by atoms with Crippen LogP contribution in [0, 0.1) is 9.49 Å². The van der Waals surface area contributed by atoms with Crippen molar-refractivity contribution < 1.29 is 9.90 Å². The Labute approximate surface area is 89.1 Å². The third-order valence-corrected chi connectivity index (χ3v) is 3.02. The van der Waals surface area contributed by atoms with Crippen molar-refractivity contribution in [1.29, 1.82) is 0 Å². The van der Waals surface area contributed by atoms with E-state index in [0.717, 1.165) is 16.4 Å². The van der Waals surface area contributed by atoms with Gasteiger partial charge in [-0.25, -0.2) is 0 Å². The van der Waals surface area contributed by atoms with Gasteiger partial charge in [0.25, 0.3) is 0 Å². The van der Waals surface area contributed by atoms with E-state index < -0.39 is 5.97 Å². The van der Waals surface area contributed by atoms with Crippen LogP contribution in [0.25, 0.3) is 0 Å². The van der Waals surface area contributed by atoms with Gasteiger partial charge in [0, 0.05) is 6.20 Å². The summed E-state index contributed by atoms with van der Waals surface area (Å²) in [6.07, 6.45) is 5.34. The predicted molar refractivity (Wildman–Crippen MR) is 54.3 cm³/mol. The molecule has 70 valence electrons. The molecular weight excluding hydrogens is 283 g/mol. The zero-order valence-electron chi connectivity index (χ0n) is 6.85. The summed E-state index contributed by atoms with van der Waals surface area (Å²) in [6, 6.07) is 0.0704. The van der Waals surface area contributed by atoms with Gasteiger partial charge in [0.05, 0.1) is 21.7 Å². The fourth-order valence-electron chi connectivity index (χ4n) is 1.58. The second-order valence-corrected chi connectivity index (χ2v) is 4.47. The summed E-state index contributed by atoms with van der Waals surface area (Å²) < 4.78 is 2.82. The largest absolute Gasteiger partial charge is 0.481 e. The first kappa shape index (κ1) is 8.98. The Kier molecular flexibility index (Phi) is 2.27. The molecule has 2 rings (SSSR count). The number of aromatic nitrogens is 2. The molecule has 0 spiro atoms. The number of aliphatic carboxylic acids is 1. The summed E-state index contributed by atoms with van der Waals surface area (Å²) in [7, 11) is 0. The zero-order chi connectivity index (χ0) is 9.42. The molecule has 1 heterocycles. The van der Waals surface area contributed by atoms with Gasteiger partial charge in [0.1, 0.15) is 0 Å². The molecule has 2 atom stereocenters. The third-order valence-electron chi connectivity index (χ3n) is 2.46. The van der Waals surface area contributed by atoms with E-state index in [1.165, 1.54) is 0 Å². The Morgan fingerprint density at radius 2 is 2.46 bits per heavy atom. The van der Waals surface area contributed by atoms with E-state index in [2.05, 4.69) is 27.7 Å². The average molecular weight is 292 g/mol. The van der Waals surface area contributed by atoms with Crippen molar-refractivity contribution in [3.63, 3.8) is 0 Å². The monoisotopic (exact) mass is 292 g/mol. The fourth-order valence-corrected chi connectivity index (χ4v) is 1.99. The molecule has 1 aliphatic rings. The average Bonchev–Trinajstić information content (AvgIpc) is 2.32. The minimum absolute atomic E-state index is 0.0704. The highest BCUT2D eigenvalue weighted by molar-refractivity contribution is 14.1. The summed E-state index contributed by atoms with van der Waals surface area (Å²) in [4.78, 5) is 10.7. The zero-order valence-corrected chi connectivity index (χ0v) is 9.01. The highest BCUT2D eigenvalue weighted by Crippen LogP contribution is 2.38. The molecule has 0 saturated heterocycles. The Hall–Kier alpha value is -0.590. The lowest BCUT2D eigenvalue weighted by molar-refractivity contribution is -0.147. The highest BCUT2D eigenvalue weighted by atomic mass is 127. The van der Waals surface area contributed by atoms with Gasteiger partial charge in [-0.1, -0.05) is 0 Å². The minimum atomic E-state index is -0.707. The van der Waals surface area contributed by atoms with Gasteiger partial charge in [0.15, 0.2) is 0 Å². The van der Waals surface area contributed by atoms with E-state index >= 15 is 0 Å². The van der Waals surface area contributed by atoms with Crippen LogP contribution in [0.4, 0.5) is 0 Å². The third kappa shape index (κ3) is 1.56. The van der Waals surface area contributed by atoms with Crippen molar-refractivity contribution in [3.8, 4) is 0 Å². The van der Waals surface area contributed by atoms with Crippen LogP contribution in [0.5, 0.6) is 0 Å². The SMILES string of the molecule is O=C(O)C1CCC1n1cc(I)cn1. The lowest BCUT2D eigenvalue weighted by Gasteiger charge is -2.33. The van der Waals surface area contributed by atoms with Crippen molar-refractivity contribution in [2.45, 2.75) is 18.9 Å². The molecule has 2 unspecified atom stereocenters. The molecule has 0 aromatic carbocycles. The molecule has 0 aliphatic heterocycles. The topological polar surface area (TPSA) is 55.1 Å². The summed E-state index contributed by atoms with van der Waals surface area (Å²) in [6.45, 7) is 0. The second-order valence-electron chi connectivity index (χ2n) is 3.23. The van der Waals surface area contributed by atoms with E-state index in [0.29, 0.717) is 0 Å². The van der Waals surface area contributed by atoms with Crippen molar-refractivity contribution in [3.05, 3.63) is 16.0 Å². The Bertz CT molecular complexity index is 337. The molecule has 4 nitrogen and oxygen atoms in total. The number of nitrogens with zero attached hydrogens (tertiary/aromatic N) is 2. The van der Waals surface area contributed by atoms with E-state index in [1.54, 1.807) is 10.9 Å². The van der Waals surface area contributed by atoms with Crippen LogP contribution in [0.1, 0.15) is 18.9 Å². The highest BCUT2D eigenvalue weighted by Gasteiger charge is 2.38. The maximum Gasteiger partial charge on any atom is 0.308 e. The van der Waals surface area contributed by atoms with Gasteiger partial charge in [-0.2, -0.15) is 5.10 Å². The lowest BCUT2D eigenvalue weighted by atomic mass is 9.80. The lowest BCUT2D eigenvalue weighted by Crippen LogP contribution is -2.35. The van der Waals surface area contributed by atoms with Gasteiger partial charge in [-0.05, 0) is 35.4 Å². The molecule has 1 aromatic rings. The van der Waals surface area contributed by atoms with Crippen molar-refractivity contribution in [2.75, 3.05) is 0 Å². The van der Waals surface area contributed by atoms with Crippen molar-refractivity contribution in [2.24, 2.45) is 5.92 Å². The first-order chi connectivity index (χ1) is 6.18. The molecule has 0 bridgehead atoms. The summed E-state index contributed by atoms with van der Waals surface area (Å²) >= 11 is 2.17. The number of rotatable bonds is 2. The molecule has 1 fully saturated rings. The number of carboxylic acid groups (broad SMARTS) is 1. The first-order valence-electron chi connectivity index (χ1n) is 4.11. The quantitative estimate of drug-likeness (QED) is 0.841. The number of hydrogen-bond acceptors (Lipinski definition) is 2. The van der Waals surface area contributed by atoms with E-state index in [1.807, 2.05) is 6.20 Å². The Morgan fingerprint density at radius 1 is 1.69 bits per heavy atom. The molecule has 0 radical (unpaired) electrons. The smallest absolute Gasteiger partial charge is 0.308 e. The Morgan fingerprint density at radius 3 is 2.85 bits per heavy atom. The number of carbonyl (C=O) groups is 1. The Balaban J connectivity index is 2.14. The van der Waals surface area contributed by atoms with Crippen LogP contribution in [0.3, 0.4) is 0 Å².